The van der Waals surface area contributed by atoms with Crippen LogP contribution in [-0.2, 0) is 18.4 Å². The summed E-state index contributed by atoms with van der Waals surface area (Å²) < 4.78 is 7.15. The summed E-state index contributed by atoms with van der Waals surface area (Å²) in [5.41, 5.74) is 0.791. The van der Waals surface area contributed by atoms with Gasteiger partial charge in [-0.05, 0) is 37.3 Å². The van der Waals surface area contributed by atoms with Crippen LogP contribution >= 0.6 is 0 Å². The highest BCUT2D eigenvalue weighted by molar-refractivity contribution is 5.63. The SMILES string of the molecule is C[N+]1(CC2CC2)CC[C@]23c4c5cc(O)c(CO)c4O[C@H]2[C@@H](O)CC[C@@]3(O)[C@H]1C5. The fraction of sp³-hybridized carbons (Fsp3) is 0.727. The van der Waals surface area contributed by atoms with Crippen molar-refractivity contribution in [3.63, 3.8) is 0 Å². The first kappa shape index (κ1) is 17.5. The van der Waals surface area contributed by atoms with E-state index in [9.17, 15) is 20.4 Å². The molecule has 5 aliphatic rings. The quantitative estimate of drug-likeness (QED) is 0.579. The predicted molar refractivity (Wildman–Crippen MR) is 101 cm³/mol. The number of likely N-dealkylation sites (N-methyl/N-ethyl adjacent to an activating group) is 1. The highest BCUT2D eigenvalue weighted by Crippen LogP contribution is 2.66. The molecule has 0 aromatic heterocycles. The lowest BCUT2D eigenvalue weighted by atomic mass is 9.48. The summed E-state index contributed by atoms with van der Waals surface area (Å²) in [6, 6.07) is 1.82. The standard InChI is InChI=1S/C22H29NO5/c1-23(10-12-2-3-12)7-6-21-18-13-8-16(26)14(11-24)19(18)28-20(21)15(25)4-5-22(21,27)17(23)9-13/h8,12,15,17,20,24-25,27H,2-7,9-11H2,1H3/p+1/t15-,17+,20-,21-,22+,23?/m0/s1. The minimum atomic E-state index is -0.930. The molecule has 2 heterocycles. The van der Waals surface area contributed by atoms with E-state index >= 15 is 0 Å². The normalized spacial score (nSPS) is 45.5. The number of ether oxygens (including phenoxy) is 1. The van der Waals surface area contributed by atoms with Gasteiger partial charge in [0.25, 0.3) is 0 Å². The molecule has 6 heteroatoms. The number of rotatable bonds is 3. The van der Waals surface area contributed by atoms with Gasteiger partial charge in [-0.15, -0.1) is 0 Å². The number of aromatic hydroxyl groups is 1. The van der Waals surface area contributed by atoms with Gasteiger partial charge in [-0.2, -0.15) is 0 Å². The summed E-state index contributed by atoms with van der Waals surface area (Å²) >= 11 is 0. The van der Waals surface area contributed by atoms with Gasteiger partial charge in [0.1, 0.15) is 29.2 Å². The Hall–Kier alpha value is -1.34. The Kier molecular flexibility index (Phi) is 3.27. The lowest BCUT2D eigenvalue weighted by Gasteiger charge is -2.65. The van der Waals surface area contributed by atoms with Crippen LogP contribution < -0.4 is 4.74 Å². The molecular formula is C22H30NO5+. The Bertz CT molecular complexity index is 869. The molecule has 3 fully saturated rings. The number of nitrogens with zero attached hydrogens (tertiary/aromatic N) is 1. The molecule has 4 N–H and O–H groups in total. The fourth-order valence-corrected chi connectivity index (χ4v) is 7.41. The molecule has 3 aliphatic carbocycles. The van der Waals surface area contributed by atoms with Crippen LogP contribution in [0.15, 0.2) is 6.07 Å². The third kappa shape index (κ3) is 1.84. The van der Waals surface area contributed by atoms with Crippen molar-refractivity contribution in [3.05, 3.63) is 22.8 Å². The van der Waals surface area contributed by atoms with E-state index in [0.29, 0.717) is 30.6 Å². The van der Waals surface area contributed by atoms with Crippen molar-refractivity contribution in [1.82, 2.24) is 0 Å². The van der Waals surface area contributed by atoms with E-state index in [1.54, 1.807) is 6.07 Å². The van der Waals surface area contributed by atoms with Crippen molar-refractivity contribution in [1.29, 1.82) is 0 Å². The van der Waals surface area contributed by atoms with E-state index in [1.165, 1.54) is 12.8 Å². The van der Waals surface area contributed by atoms with Gasteiger partial charge in [0.2, 0.25) is 0 Å². The van der Waals surface area contributed by atoms with Crippen LogP contribution in [0.25, 0.3) is 0 Å². The highest BCUT2D eigenvalue weighted by atomic mass is 16.5. The average molecular weight is 388 g/mol. The van der Waals surface area contributed by atoms with Gasteiger partial charge >= 0.3 is 0 Å². The van der Waals surface area contributed by atoms with E-state index in [4.69, 9.17) is 4.74 Å². The van der Waals surface area contributed by atoms with Crippen LogP contribution in [0.4, 0.5) is 0 Å². The molecule has 6 rings (SSSR count). The largest absolute Gasteiger partial charge is 0.507 e. The Morgan fingerprint density at radius 3 is 2.75 bits per heavy atom. The summed E-state index contributed by atoms with van der Waals surface area (Å²) in [5, 5.41) is 43.6. The number of aliphatic hydroxyl groups excluding tert-OH is 2. The number of likely N-dealkylation sites (tertiary alicyclic amines) is 1. The summed E-state index contributed by atoms with van der Waals surface area (Å²) in [7, 11) is 2.29. The molecule has 28 heavy (non-hydrogen) atoms. The number of hydrogen-bond donors (Lipinski definition) is 4. The molecule has 0 amide bonds. The zero-order valence-corrected chi connectivity index (χ0v) is 16.4. The van der Waals surface area contributed by atoms with Gasteiger partial charge in [0.15, 0.2) is 0 Å². The van der Waals surface area contributed by atoms with E-state index in [0.717, 1.165) is 41.0 Å². The maximum absolute atomic E-state index is 12.3. The van der Waals surface area contributed by atoms with Crippen LogP contribution in [0, 0.1) is 5.92 Å². The number of hydrogen-bond acceptors (Lipinski definition) is 5. The van der Waals surface area contributed by atoms with Gasteiger partial charge in [-0.3, -0.25) is 0 Å². The second kappa shape index (κ2) is 5.22. The smallest absolute Gasteiger partial charge is 0.137 e. The molecule has 2 aliphatic heterocycles. The van der Waals surface area contributed by atoms with E-state index < -0.39 is 23.2 Å². The van der Waals surface area contributed by atoms with Gasteiger partial charge in [-0.25, -0.2) is 0 Å². The number of quaternary nitrogens is 1. The zero-order valence-electron chi connectivity index (χ0n) is 16.4. The first-order valence-corrected chi connectivity index (χ1v) is 10.7. The number of aliphatic hydroxyl groups is 3. The molecule has 1 unspecified atom stereocenters. The average Bonchev–Trinajstić information content (AvgIpc) is 3.38. The number of phenols is 1. The Morgan fingerprint density at radius 1 is 1.25 bits per heavy atom. The van der Waals surface area contributed by atoms with Crippen molar-refractivity contribution in [2.75, 3.05) is 20.1 Å². The maximum Gasteiger partial charge on any atom is 0.137 e. The summed E-state index contributed by atoms with van der Waals surface area (Å²) in [6.07, 6.45) is 3.98. The fourth-order valence-electron chi connectivity index (χ4n) is 7.41. The molecule has 6 atom stereocenters. The monoisotopic (exact) mass is 388 g/mol. The molecule has 2 saturated carbocycles. The Labute approximate surface area is 165 Å². The zero-order chi connectivity index (χ0) is 19.5. The maximum atomic E-state index is 12.3. The molecule has 1 aromatic carbocycles. The number of piperidine rings is 1. The van der Waals surface area contributed by atoms with Crippen molar-refractivity contribution < 1.29 is 29.6 Å². The summed E-state index contributed by atoms with van der Waals surface area (Å²) in [6.45, 7) is 1.74. The minimum Gasteiger partial charge on any atom is -0.507 e. The third-order valence-electron chi connectivity index (χ3n) is 8.83. The summed E-state index contributed by atoms with van der Waals surface area (Å²) in [4.78, 5) is 0. The molecule has 6 nitrogen and oxygen atoms in total. The van der Waals surface area contributed by atoms with E-state index in [1.807, 2.05) is 0 Å². The molecule has 2 bridgehead atoms. The Balaban J connectivity index is 1.60. The molecule has 1 saturated heterocycles. The first-order valence-electron chi connectivity index (χ1n) is 10.7. The highest BCUT2D eigenvalue weighted by Gasteiger charge is 2.76. The van der Waals surface area contributed by atoms with Gasteiger partial charge in [-0.1, -0.05) is 0 Å². The van der Waals surface area contributed by atoms with Crippen molar-refractivity contribution in [2.45, 2.75) is 74.4 Å². The first-order chi connectivity index (χ1) is 13.3. The van der Waals surface area contributed by atoms with Gasteiger partial charge < -0.3 is 29.6 Å². The molecule has 1 aromatic rings. The molecular weight excluding hydrogens is 358 g/mol. The molecule has 0 radical (unpaired) electrons. The lowest BCUT2D eigenvalue weighted by molar-refractivity contribution is -0.950. The lowest BCUT2D eigenvalue weighted by Crippen LogP contribution is -2.81. The Morgan fingerprint density at radius 2 is 2.04 bits per heavy atom. The number of benzene rings is 1. The molecule has 1 spiro atoms. The van der Waals surface area contributed by atoms with E-state index in [2.05, 4.69) is 7.05 Å². The van der Waals surface area contributed by atoms with Crippen molar-refractivity contribution >= 4 is 0 Å². The topological polar surface area (TPSA) is 90.2 Å². The predicted octanol–water partition coefficient (Wildman–Crippen LogP) is 0.954. The van der Waals surface area contributed by atoms with Gasteiger partial charge in [0, 0.05) is 24.3 Å². The van der Waals surface area contributed by atoms with Crippen LogP contribution in [0.1, 0.15) is 48.8 Å². The van der Waals surface area contributed by atoms with Crippen LogP contribution in [0.3, 0.4) is 0 Å². The third-order valence-corrected chi connectivity index (χ3v) is 8.83. The van der Waals surface area contributed by atoms with Gasteiger partial charge in [0.05, 0.1) is 43.8 Å². The van der Waals surface area contributed by atoms with Crippen molar-refractivity contribution in [3.8, 4) is 11.5 Å². The second-order valence-electron chi connectivity index (χ2n) is 10.2. The van der Waals surface area contributed by atoms with Crippen LogP contribution in [0.2, 0.25) is 0 Å². The second-order valence-corrected chi connectivity index (χ2v) is 10.2. The van der Waals surface area contributed by atoms with Crippen LogP contribution in [0.5, 0.6) is 11.5 Å². The molecule has 152 valence electrons. The van der Waals surface area contributed by atoms with Crippen LogP contribution in [-0.4, -0.2) is 68.9 Å². The van der Waals surface area contributed by atoms with E-state index in [-0.39, 0.29) is 18.4 Å². The minimum absolute atomic E-state index is 0.0401. The van der Waals surface area contributed by atoms with Crippen molar-refractivity contribution in [2.24, 2.45) is 5.92 Å². The summed E-state index contributed by atoms with van der Waals surface area (Å²) in [5.74, 6) is 1.33.